The quantitative estimate of drug-likeness (QED) is 0.526. The van der Waals surface area contributed by atoms with Crippen molar-refractivity contribution in [3.05, 3.63) is 48.1 Å². The summed E-state index contributed by atoms with van der Waals surface area (Å²) in [5, 5.41) is 10.0. The van der Waals surface area contributed by atoms with E-state index < -0.39 is 5.60 Å². The number of hydrogen-bond donors (Lipinski definition) is 1. The lowest BCUT2D eigenvalue weighted by Gasteiger charge is -2.17. The van der Waals surface area contributed by atoms with E-state index in [0.29, 0.717) is 0 Å². The molecule has 0 radical (unpaired) electrons. The van der Waals surface area contributed by atoms with Gasteiger partial charge in [-0.1, -0.05) is 48.1 Å². The van der Waals surface area contributed by atoms with E-state index in [0.717, 1.165) is 18.4 Å². The Kier molecular flexibility index (Phi) is 6.75. The third-order valence-corrected chi connectivity index (χ3v) is 2.34. The SMILES string of the molecule is C=C/C(C)=C\C=C/C(C)(O)CCC=C(C)C. The molecule has 1 atom stereocenters. The number of allylic oxidation sites excluding steroid dienone is 6. The Labute approximate surface area is 99.9 Å². The summed E-state index contributed by atoms with van der Waals surface area (Å²) in [6.45, 7) is 11.6. The summed E-state index contributed by atoms with van der Waals surface area (Å²) in [7, 11) is 0. The molecule has 0 aliphatic rings. The summed E-state index contributed by atoms with van der Waals surface area (Å²) in [6.07, 6.45) is 11.3. The molecule has 0 aliphatic heterocycles. The van der Waals surface area contributed by atoms with Crippen LogP contribution in [0.1, 0.15) is 40.5 Å². The molecule has 0 saturated carbocycles. The maximum Gasteiger partial charge on any atom is 0.0805 e. The second kappa shape index (κ2) is 7.24. The van der Waals surface area contributed by atoms with E-state index in [1.165, 1.54) is 5.57 Å². The Morgan fingerprint density at radius 2 is 1.94 bits per heavy atom. The highest BCUT2D eigenvalue weighted by atomic mass is 16.3. The van der Waals surface area contributed by atoms with Gasteiger partial charge in [0.25, 0.3) is 0 Å². The van der Waals surface area contributed by atoms with Crippen LogP contribution in [-0.2, 0) is 0 Å². The first kappa shape index (κ1) is 14.9. The van der Waals surface area contributed by atoms with Gasteiger partial charge >= 0.3 is 0 Å². The van der Waals surface area contributed by atoms with Gasteiger partial charge < -0.3 is 5.11 Å². The Balaban J connectivity index is 4.23. The Hall–Kier alpha value is -1.08. The van der Waals surface area contributed by atoms with E-state index in [1.807, 2.05) is 32.1 Å². The molecule has 1 unspecified atom stereocenters. The first-order valence-corrected chi connectivity index (χ1v) is 5.72. The molecular weight excluding hydrogens is 196 g/mol. The minimum absolute atomic E-state index is 0.732. The molecule has 0 saturated heterocycles. The van der Waals surface area contributed by atoms with Crippen LogP contribution in [-0.4, -0.2) is 10.7 Å². The van der Waals surface area contributed by atoms with Crippen molar-refractivity contribution in [2.45, 2.75) is 46.1 Å². The van der Waals surface area contributed by atoms with E-state index in [-0.39, 0.29) is 0 Å². The van der Waals surface area contributed by atoms with Crippen molar-refractivity contribution >= 4 is 0 Å². The van der Waals surface area contributed by atoms with Crippen molar-refractivity contribution in [1.82, 2.24) is 0 Å². The van der Waals surface area contributed by atoms with Gasteiger partial charge in [0.15, 0.2) is 0 Å². The zero-order valence-electron chi connectivity index (χ0n) is 11.0. The average molecular weight is 220 g/mol. The maximum absolute atomic E-state index is 10.0. The summed E-state index contributed by atoms with van der Waals surface area (Å²) in [4.78, 5) is 0. The molecule has 0 rings (SSSR count). The molecule has 0 bridgehead atoms. The summed E-state index contributed by atoms with van der Waals surface area (Å²) >= 11 is 0. The zero-order valence-corrected chi connectivity index (χ0v) is 11.0. The summed E-state index contributed by atoms with van der Waals surface area (Å²) in [5.41, 5.74) is 1.66. The van der Waals surface area contributed by atoms with E-state index >= 15 is 0 Å². The molecule has 0 aliphatic carbocycles. The van der Waals surface area contributed by atoms with Gasteiger partial charge in [-0.15, -0.1) is 0 Å². The van der Waals surface area contributed by atoms with Crippen molar-refractivity contribution < 1.29 is 5.11 Å². The van der Waals surface area contributed by atoms with E-state index in [4.69, 9.17) is 0 Å². The van der Waals surface area contributed by atoms with E-state index in [1.54, 1.807) is 6.08 Å². The van der Waals surface area contributed by atoms with Crippen LogP contribution in [0.15, 0.2) is 48.1 Å². The Morgan fingerprint density at radius 3 is 2.44 bits per heavy atom. The average Bonchev–Trinajstić information content (AvgIpc) is 2.16. The molecule has 0 aromatic heterocycles. The molecule has 90 valence electrons. The first-order chi connectivity index (χ1) is 7.37. The molecule has 1 nitrogen and oxygen atoms in total. The summed E-state index contributed by atoms with van der Waals surface area (Å²) < 4.78 is 0. The van der Waals surface area contributed by atoms with Gasteiger partial charge in [-0.3, -0.25) is 0 Å². The standard InChI is InChI=1S/C15H24O/c1-6-14(4)10-8-12-15(5,16)11-7-9-13(2)3/h6,8-10,12,16H,1,7,11H2,2-5H3/b12-8-,14-10-. The van der Waals surface area contributed by atoms with Gasteiger partial charge in [-0.25, -0.2) is 0 Å². The fourth-order valence-electron chi connectivity index (χ4n) is 1.21. The third kappa shape index (κ3) is 8.25. The predicted octanol–water partition coefficient (Wildman–Crippen LogP) is 4.17. The highest BCUT2D eigenvalue weighted by Gasteiger charge is 2.13. The number of rotatable bonds is 6. The molecule has 0 spiro atoms. The molecule has 16 heavy (non-hydrogen) atoms. The van der Waals surface area contributed by atoms with Gasteiger partial charge in [0.1, 0.15) is 0 Å². The largest absolute Gasteiger partial charge is 0.386 e. The molecule has 0 amide bonds. The van der Waals surface area contributed by atoms with Gasteiger partial charge in [0, 0.05) is 0 Å². The van der Waals surface area contributed by atoms with Crippen LogP contribution >= 0.6 is 0 Å². The summed E-state index contributed by atoms with van der Waals surface area (Å²) in [6, 6.07) is 0. The molecule has 1 heteroatoms. The fourth-order valence-corrected chi connectivity index (χ4v) is 1.21. The number of aliphatic hydroxyl groups is 1. The Morgan fingerprint density at radius 1 is 1.31 bits per heavy atom. The van der Waals surface area contributed by atoms with Crippen molar-refractivity contribution in [2.75, 3.05) is 0 Å². The van der Waals surface area contributed by atoms with Crippen molar-refractivity contribution in [1.29, 1.82) is 0 Å². The van der Waals surface area contributed by atoms with Gasteiger partial charge in [0.05, 0.1) is 5.60 Å². The maximum atomic E-state index is 10.0. The van der Waals surface area contributed by atoms with Gasteiger partial charge in [-0.2, -0.15) is 0 Å². The second-order valence-electron chi connectivity index (χ2n) is 4.65. The van der Waals surface area contributed by atoms with Crippen LogP contribution in [0, 0.1) is 0 Å². The first-order valence-electron chi connectivity index (χ1n) is 5.72. The van der Waals surface area contributed by atoms with E-state index in [9.17, 15) is 5.11 Å². The minimum atomic E-state index is -0.732. The van der Waals surface area contributed by atoms with Crippen molar-refractivity contribution in [3.63, 3.8) is 0 Å². The molecule has 1 N–H and O–H groups in total. The molecule has 0 aromatic rings. The van der Waals surface area contributed by atoms with Crippen LogP contribution in [0.2, 0.25) is 0 Å². The third-order valence-electron chi connectivity index (χ3n) is 2.34. The molecule has 0 heterocycles. The van der Waals surface area contributed by atoms with Gasteiger partial charge in [-0.05, 0) is 40.5 Å². The smallest absolute Gasteiger partial charge is 0.0805 e. The normalized spacial score (nSPS) is 15.9. The van der Waals surface area contributed by atoms with Crippen LogP contribution in [0.25, 0.3) is 0 Å². The predicted molar refractivity (Wildman–Crippen MR) is 72.4 cm³/mol. The lowest BCUT2D eigenvalue weighted by Crippen LogP contribution is -2.19. The minimum Gasteiger partial charge on any atom is -0.386 e. The van der Waals surface area contributed by atoms with Crippen LogP contribution in [0.5, 0.6) is 0 Å². The topological polar surface area (TPSA) is 20.2 Å². The van der Waals surface area contributed by atoms with Gasteiger partial charge in [0.2, 0.25) is 0 Å². The van der Waals surface area contributed by atoms with Crippen molar-refractivity contribution in [3.8, 4) is 0 Å². The summed E-state index contributed by atoms with van der Waals surface area (Å²) in [5.74, 6) is 0. The molecular formula is C15H24O. The van der Waals surface area contributed by atoms with E-state index in [2.05, 4.69) is 26.5 Å². The highest BCUT2D eigenvalue weighted by molar-refractivity contribution is 5.21. The highest BCUT2D eigenvalue weighted by Crippen LogP contribution is 2.15. The lowest BCUT2D eigenvalue weighted by molar-refractivity contribution is 0.103. The van der Waals surface area contributed by atoms with Crippen LogP contribution in [0.4, 0.5) is 0 Å². The zero-order chi connectivity index (χ0) is 12.6. The fraction of sp³-hybridized carbons (Fsp3) is 0.467. The van der Waals surface area contributed by atoms with Crippen molar-refractivity contribution in [2.24, 2.45) is 0 Å². The Bertz CT molecular complexity index is 299. The van der Waals surface area contributed by atoms with Crippen LogP contribution in [0.3, 0.4) is 0 Å². The van der Waals surface area contributed by atoms with Crippen LogP contribution < -0.4 is 0 Å². The monoisotopic (exact) mass is 220 g/mol. The molecule has 0 fully saturated rings. The number of hydrogen-bond acceptors (Lipinski definition) is 1. The second-order valence-corrected chi connectivity index (χ2v) is 4.65. The lowest BCUT2D eigenvalue weighted by atomic mass is 9.98. The molecule has 0 aromatic carbocycles.